The lowest BCUT2D eigenvalue weighted by molar-refractivity contribution is -0.142. The lowest BCUT2D eigenvalue weighted by Crippen LogP contribution is -2.30. The molecule has 5 nitrogen and oxygen atoms in total. The Kier molecular flexibility index (Phi) is 3.79. The zero-order valence-electron chi connectivity index (χ0n) is 12.5. The fourth-order valence-electron chi connectivity index (χ4n) is 2.82. The fourth-order valence-corrected chi connectivity index (χ4v) is 2.82. The van der Waals surface area contributed by atoms with E-state index < -0.39 is 11.9 Å². The van der Waals surface area contributed by atoms with Gasteiger partial charge in [0.25, 0.3) is 5.56 Å². The lowest BCUT2D eigenvalue weighted by Gasteiger charge is -2.21. The van der Waals surface area contributed by atoms with E-state index in [1.54, 1.807) is 6.07 Å². The van der Waals surface area contributed by atoms with Crippen LogP contribution in [0.4, 0.5) is 0 Å². The molecule has 0 aliphatic heterocycles. The predicted molar refractivity (Wildman–Crippen MR) is 81.9 cm³/mol. The Bertz CT molecular complexity index is 762. The van der Waals surface area contributed by atoms with Crippen molar-refractivity contribution in [3.8, 4) is 0 Å². The van der Waals surface area contributed by atoms with Crippen LogP contribution in [0.25, 0.3) is 0 Å². The van der Waals surface area contributed by atoms with Crippen molar-refractivity contribution in [3.05, 3.63) is 63.1 Å². The van der Waals surface area contributed by atoms with E-state index in [-0.39, 0.29) is 5.56 Å². The number of aromatic nitrogens is 2. The molecule has 0 bridgehead atoms. The van der Waals surface area contributed by atoms with Gasteiger partial charge in [0.1, 0.15) is 0 Å². The van der Waals surface area contributed by atoms with Gasteiger partial charge in [0.15, 0.2) is 0 Å². The van der Waals surface area contributed by atoms with Gasteiger partial charge >= 0.3 is 5.97 Å². The molecule has 1 N–H and O–H groups in total. The van der Waals surface area contributed by atoms with Crippen molar-refractivity contribution in [2.24, 2.45) is 5.92 Å². The number of carbonyl (C=O) groups is 1. The third-order valence-corrected chi connectivity index (χ3v) is 4.16. The average Bonchev–Trinajstić information content (AvgIpc) is 2.49. The van der Waals surface area contributed by atoms with Gasteiger partial charge in [-0.2, -0.15) is 5.10 Å². The van der Waals surface area contributed by atoms with Crippen molar-refractivity contribution in [1.82, 2.24) is 9.78 Å². The topological polar surface area (TPSA) is 72.2 Å². The van der Waals surface area contributed by atoms with Crippen molar-refractivity contribution < 1.29 is 9.90 Å². The molecule has 0 radical (unpaired) electrons. The van der Waals surface area contributed by atoms with Crippen molar-refractivity contribution in [3.63, 3.8) is 0 Å². The van der Waals surface area contributed by atoms with Gasteiger partial charge < -0.3 is 5.11 Å². The number of benzene rings is 1. The first-order chi connectivity index (χ1) is 10.5. The summed E-state index contributed by atoms with van der Waals surface area (Å²) in [4.78, 5) is 23.3. The smallest absolute Gasteiger partial charge is 0.306 e. The zero-order chi connectivity index (χ0) is 15.7. The minimum absolute atomic E-state index is 0.176. The monoisotopic (exact) mass is 298 g/mol. The molecule has 5 heteroatoms. The molecule has 0 spiro atoms. The van der Waals surface area contributed by atoms with E-state index in [0.717, 1.165) is 16.8 Å². The molecule has 0 saturated carbocycles. The van der Waals surface area contributed by atoms with Crippen molar-refractivity contribution in [1.29, 1.82) is 0 Å². The van der Waals surface area contributed by atoms with Crippen LogP contribution in [0, 0.1) is 12.8 Å². The van der Waals surface area contributed by atoms with E-state index in [9.17, 15) is 9.59 Å². The summed E-state index contributed by atoms with van der Waals surface area (Å²) >= 11 is 0. The number of rotatable bonds is 3. The number of hydrogen-bond acceptors (Lipinski definition) is 3. The Morgan fingerprint density at radius 1 is 1.36 bits per heavy atom. The third-order valence-electron chi connectivity index (χ3n) is 4.16. The van der Waals surface area contributed by atoms with Gasteiger partial charge in [-0.3, -0.25) is 9.59 Å². The molecular weight excluding hydrogens is 280 g/mol. The maximum absolute atomic E-state index is 12.2. The Morgan fingerprint density at radius 3 is 2.77 bits per heavy atom. The Labute approximate surface area is 128 Å². The average molecular weight is 298 g/mol. The minimum Gasteiger partial charge on any atom is -0.481 e. The van der Waals surface area contributed by atoms with E-state index in [1.165, 1.54) is 10.2 Å². The molecule has 0 saturated heterocycles. The van der Waals surface area contributed by atoms with Gasteiger partial charge in [-0.25, -0.2) is 4.68 Å². The summed E-state index contributed by atoms with van der Waals surface area (Å²) in [6, 6.07) is 9.55. The van der Waals surface area contributed by atoms with Crippen LogP contribution >= 0.6 is 0 Å². The van der Waals surface area contributed by atoms with Crippen LogP contribution < -0.4 is 5.56 Å². The quantitative estimate of drug-likeness (QED) is 0.937. The summed E-state index contributed by atoms with van der Waals surface area (Å²) in [7, 11) is 0. The number of nitrogens with zero attached hydrogens (tertiary/aromatic N) is 2. The molecule has 114 valence electrons. The molecule has 3 rings (SSSR count). The van der Waals surface area contributed by atoms with Crippen molar-refractivity contribution in [2.75, 3.05) is 0 Å². The van der Waals surface area contributed by atoms with Gasteiger partial charge in [0.2, 0.25) is 0 Å². The maximum atomic E-state index is 12.2. The van der Waals surface area contributed by atoms with Crippen LogP contribution in [0.1, 0.15) is 28.8 Å². The van der Waals surface area contributed by atoms with Crippen LogP contribution in [0.5, 0.6) is 0 Å². The van der Waals surface area contributed by atoms with Crippen molar-refractivity contribution >= 4 is 5.97 Å². The van der Waals surface area contributed by atoms with Gasteiger partial charge in [-0.1, -0.05) is 29.8 Å². The van der Waals surface area contributed by atoms with E-state index in [4.69, 9.17) is 5.11 Å². The molecule has 2 aromatic rings. The summed E-state index contributed by atoms with van der Waals surface area (Å²) in [5.41, 5.74) is 3.66. The number of carboxylic acids is 1. The van der Waals surface area contributed by atoms with Crippen LogP contribution in [-0.4, -0.2) is 20.9 Å². The van der Waals surface area contributed by atoms with Crippen LogP contribution in [0.3, 0.4) is 0 Å². The maximum Gasteiger partial charge on any atom is 0.306 e. The molecule has 1 unspecified atom stereocenters. The molecule has 1 heterocycles. The number of fused-ring (bicyclic) bond motifs is 1. The summed E-state index contributed by atoms with van der Waals surface area (Å²) in [6.07, 6.45) is 1.59. The Hall–Kier alpha value is -2.43. The summed E-state index contributed by atoms with van der Waals surface area (Å²) in [5, 5.41) is 13.5. The van der Waals surface area contributed by atoms with Gasteiger partial charge in [0.05, 0.1) is 18.2 Å². The number of hydrogen-bond donors (Lipinski definition) is 1. The summed E-state index contributed by atoms with van der Waals surface area (Å²) < 4.78 is 1.46. The van der Waals surface area contributed by atoms with Gasteiger partial charge in [0, 0.05) is 6.07 Å². The standard InChI is InChI=1S/C17H18N2O3/c1-11-2-4-12(5-3-11)10-19-16(20)9-14-8-13(17(21)22)6-7-15(14)18-19/h2-5,9,13H,6-8,10H2,1H3,(H,21,22). The highest BCUT2D eigenvalue weighted by atomic mass is 16.4. The molecular formula is C17H18N2O3. The highest BCUT2D eigenvalue weighted by Gasteiger charge is 2.25. The Morgan fingerprint density at radius 2 is 2.09 bits per heavy atom. The minimum atomic E-state index is -0.797. The number of aryl methyl sites for hydroxylation is 2. The second kappa shape index (κ2) is 5.75. The molecule has 0 amide bonds. The predicted octanol–water partition coefficient (Wildman–Crippen LogP) is 1.79. The number of carboxylic acid groups (broad SMARTS) is 1. The molecule has 1 aliphatic rings. The highest BCUT2D eigenvalue weighted by Crippen LogP contribution is 2.23. The number of aliphatic carboxylic acids is 1. The third kappa shape index (κ3) is 2.93. The molecule has 1 atom stereocenters. The zero-order valence-corrected chi connectivity index (χ0v) is 12.5. The Balaban J connectivity index is 1.87. The van der Waals surface area contributed by atoms with E-state index in [1.807, 2.05) is 31.2 Å². The first kappa shape index (κ1) is 14.5. The van der Waals surface area contributed by atoms with Crippen molar-refractivity contribution in [2.45, 2.75) is 32.7 Å². The van der Waals surface area contributed by atoms with E-state index in [2.05, 4.69) is 5.10 Å². The summed E-state index contributed by atoms with van der Waals surface area (Å²) in [6.45, 7) is 2.46. The first-order valence-electron chi connectivity index (χ1n) is 7.41. The SMILES string of the molecule is Cc1ccc(Cn2nc3c(cc2=O)CC(C(=O)O)CC3)cc1. The second-order valence-corrected chi connectivity index (χ2v) is 5.88. The summed E-state index contributed by atoms with van der Waals surface area (Å²) in [5.74, 6) is -1.20. The normalized spacial score (nSPS) is 17.0. The fraction of sp³-hybridized carbons (Fsp3) is 0.353. The molecule has 1 aromatic carbocycles. The van der Waals surface area contributed by atoms with Crippen LogP contribution in [-0.2, 0) is 24.2 Å². The van der Waals surface area contributed by atoms with Crippen LogP contribution in [0.2, 0.25) is 0 Å². The molecule has 0 fully saturated rings. The second-order valence-electron chi connectivity index (χ2n) is 5.88. The highest BCUT2D eigenvalue weighted by molar-refractivity contribution is 5.70. The van der Waals surface area contributed by atoms with Crippen LogP contribution in [0.15, 0.2) is 35.1 Å². The van der Waals surface area contributed by atoms with E-state index >= 15 is 0 Å². The lowest BCUT2D eigenvalue weighted by atomic mass is 9.87. The van der Waals surface area contributed by atoms with Gasteiger partial charge in [-0.15, -0.1) is 0 Å². The first-order valence-corrected chi connectivity index (χ1v) is 7.41. The van der Waals surface area contributed by atoms with Gasteiger partial charge in [-0.05, 0) is 37.3 Å². The largest absolute Gasteiger partial charge is 0.481 e. The molecule has 1 aliphatic carbocycles. The van der Waals surface area contributed by atoms with E-state index in [0.29, 0.717) is 25.8 Å². The molecule has 1 aromatic heterocycles. The molecule has 22 heavy (non-hydrogen) atoms.